The average Bonchev–Trinajstić information content (AvgIpc) is 2.67. The van der Waals surface area contributed by atoms with Gasteiger partial charge in [0.05, 0.1) is 0 Å². The summed E-state index contributed by atoms with van der Waals surface area (Å²) in [4.78, 5) is 25.9. The minimum atomic E-state index is -0.253. The number of carbonyl (C=O) groups is 2. The Labute approximate surface area is 176 Å². The fourth-order valence-electron chi connectivity index (χ4n) is 6.45. The lowest BCUT2D eigenvalue weighted by molar-refractivity contribution is -0.0447. The molecule has 0 radical (unpaired) electrons. The Morgan fingerprint density at radius 1 is 0.700 bits per heavy atom. The fourth-order valence-corrected chi connectivity index (χ4v) is 6.45. The third kappa shape index (κ3) is 3.40. The lowest BCUT2D eigenvalue weighted by atomic mass is 9.49. The van der Waals surface area contributed by atoms with Crippen molar-refractivity contribution in [1.82, 2.24) is 10.6 Å². The van der Waals surface area contributed by atoms with Crippen molar-refractivity contribution in [2.45, 2.75) is 49.6 Å². The van der Waals surface area contributed by atoms with Crippen LogP contribution < -0.4 is 22.1 Å². The van der Waals surface area contributed by atoms with Crippen LogP contribution in [-0.4, -0.2) is 22.9 Å². The molecule has 4 fully saturated rings. The van der Waals surface area contributed by atoms with Crippen LogP contribution in [0.1, 0.15) is 59.2 Å². The molecule has 4 aliphatic rings. The van der Waals surface area contributed by atoms with Crippen molar-refractivity contribution in [3.05, 3.63) is 59.7 Å². The van der Waals surface area contributed by atoms with Crippen LogP contribution in [-0.2, 0) is 0 Å². The first kappa shape index (κ1) is 19.0. The van der Waals surface area contributed by atoms with Gasteiger partial charge in [-0.25, -0.2) is 0 Å². The molecule has 2 aromatic rings. The molecule has 0 heterocycles. The maximum atomic E-state index is 13.0. The minimum Gasteiger partial charge on any atom is -0.399 e. The number of nitrogens with two attached hydrogens (primary N) is 2. The van der Waals surface area contributed by atoms with E-state index in [-0.39, 0.29) is 22.9 Å². The van der Waals surface area contributed by atoms with Crippen LogP contribution in [0.2, 0.25) is 0 Å². The number of hydrogen-bond donors (Lipinski definition) is 4. The van der Waals surface area contributed by atoms with Gasteiger partial charge >= 0.3 is 0 Å². The maximum Gasteiger partial charge on any atom is 0.251 e. The van der Waals surface area contributed by atoms with E-state index in [2.05, 4.69) is 10.6 Å². The number of carbonyl (C=O) groups excluding carboxylic acids is 2. The van der Waals surface area contributed by atoms with E-state index in [1.165, 1.54) is 6.42 Å². The van der Waals surface area contributed by atoms with E-state index in [0.29, 0.717) is 34.3 Å². The molecule has 0 saturated heterocycles. The van der Waals surface area contributed by atoms with Gasteiger partial charge in [-0.2, -0.15) is 0 Å². The molecule has 156 valence electrons. The second-order valence-corrected chi connectivity index (χ2v) is 9.67. The molecule has 6 rings (SSSR count). The Hall–Kier alpha value is -3.02. The molecular formula is C24H28N4O2. The molecule has 6 N–H and O–H groups in total. The van der Waals surface area contributed by atoms with Crippen LogP contribution in [0.3, 0.4) is 0 Å². The highest BCUT2D eigenvalue weighted by Crippen LogP contribution is 2.57. The van der Waals surface area contributed by atoms with Crippen molar-refractivity contribution >= 4 is 23.2 Å². The van der Waals surface area contributed by atoms with Crippen molar-refractivity contribution in [2.75, 3.05) is 11.5 Å². The monoisotopic (exact) mass is 404 g/mol. The summed E-state index contributed by atoms with van der Waals surface area (Å²) in [5.41, 5.74) is 13.5. The first-order chi connectivity index (χ1) is 14.3. The number of nitrogens with one attached hydrogen (secondary N) is 2. The molecule has 4 saturated carbocycles. The van der Waals surface area contributed by atoms with Gasteiger partial charge in [0.25, 0.3) is 11.8 Å². The number of hydrogen-bond acceptors (Lipinski definition) is 4. The molecule has 6 heteroatoms. The third-order valence-electron chi connectivity index (χ3n) is 7.16. The molecule has 30 heavy (non-hydrogen) atoms. The number of anilines is 2. The summed E-state index contributed by atoms with van der Waals surface area (Å²) in [6.07, 6.45) is 5.94. The molecule has 0 atom stereocenters. The Morgan fingerprint density at radius 3 is 1.43 bits per heavy atom. The first-order valence-corrected chi connectivity index (χ1v) is 10.7. The molecule has 0 unspecified atom stereocenters. The summed E-state index contributed by atoms with van der Waals surface area (Å²) >= 11 is 0. The first-order valence-electron chi connectivity index (χ1n) is 10.7. The second kappa shape index (κ2) is 6.76. The summed E-state index contributed by atoms with van der Waals surface area (Å²) in [7, 11) is 0. The molecule has 0 aromatic heterocycles. The van der Waals surface area contributed by atoms with E-state index >= 15 is 0 Å². The smallest absolute Gasteiger partial charge is 0.251 e. The predicted molar refractivity (Wildman–Crippen MR) is 117 cm³/mol. The highest BCUT2D eigenvalue weighted by Gasteiger charge is 2.58. The molecule has 2 aromatic carbocycles. The lowest BCUT2D eigenvalue weighted by Gasteiger charge is -2.62. The zero-order valence-corrected chi connectivity index (χ0v) is 17.0. The fraction of sp³-hybridized carbons (Fsp3) is 0.417. The average molecular weight is 405 g/mol. The van der Waals surface area contributed by atoms with Gasteiger partial charge in [-0.15, -0.1) is 0 Å². The van der Waals surface area contributed by atoms with E-state index in [0.717, 1.165) is 32.1 Å². The Morgan fingerprint density at radius 2 is 1.07 bits per heavy atom. The van der Waals surface area contributed by atoms with Crippen LogP contribution in [0.25, 0.3) is 0 Å². The van der Waals surface area contributed by atoms with E-state index in [4.69, 9.17) is 11.5 Å². The van der Waals surface area contributed by atoms with Gasteiger partial charge in [0.2, 0.25) is 0 Å². The molecule has 4 aliphatic carbocycles. The van der Waals surface area contributed by atoms with Gasteiger partial charge in [-0.3, -0.25) is 9.59 Å². The molecule has 2 amide bonds. The zero-order chi connectivity index (χ0) is 20.9. The third-order valence-corrected chi connectivity index (χ3v) is 7.16. The summed E-state index contributed by atoms with van der Waals surface area (Å²) in [5.74, 6) is 0.947. The highest BCUT2D eigenvalue weighted by molar-refractivity contribution is 5.96. The molecule has 4 bridgehead atoms. The minimum absolute atomic E-state index is 0.0584. The Kier molecular flexibility index (Phi) is 4.27. The second-order valence-electron chi connectivity index (χ2n) is 9.67. The number of rotatable bonds is 4. The van der Waals surface area contributed by atoms with Crippen LogP contribution in [0, 0.1) is 11.8 Å². The van der Waals surface area contributed by atoms with Gasteiger partial charge in [-0.1, -0.05) is 0 Å². The lowest BCUT2D eigenvalue weighted by Crippen LogP contribution is -2.69. The van der Waals surface area contributed by atoms with Crippen LogP contribution >= 0.6 is 0 Å². The molecule has 6 nitrogen and oxygen atoms in total. The summed E-state index contributed by atoms with van der Waals surface area (Å²) in [5, 5.41) is 6.72. The van der Waals surface area contributed by atoms with E-state index in [1.54, 1.807) is 48.5 Å². The topological polar surface area (TPSA) is 110 Å². The van der Waals surface area contributed by atoms with Gasteiger partial charge in [0, 0.05) is 33.6 Å². The quantitative estimate of drug-likeness (QED) is 0.587. The maximum absolute atomic E-state index is 13.0. The van der Waals surface area contributed by atoms with Crippen molar-refractivity contribution in [3.8, 4) is 0 Å². The van der Waals surface area contributed by atoms with E-state index < -0.39 is 0 Å². The van der Waals surface area contributed by atoms with Crippen molar-refractivity contribution < 1.29 is 9.59 Å². The number of benzene rings is 2. The number of amides is 2. The molecule has 0 spiro atoms. The van der Waals surface area contributed by atoms with Gasteiger partial charge in [0.1, 0.15) is 0 Å². The van der Waals surface area contributed by atoms with Crippen LogP contribution in [0.4, 0.5) is 11.4 Å². The summed E-state index contributed by atoms with van der Waals surface area (Å²) < 4.78 is 0. The van der Waals surface area contributed by atoms with Gasteiger partial charge in [-0.05, 0) is 98.9 Å². The largest absolute Gasteiger partial charge is 0.399 e. The normalized spacial score (nSPS) is 31.3. The Bertz CT molecular complexity index is 892. The predicted octanol–water partition coefficient (Wildman–Crippen LogP) is 3.10. The zero-order valence-electron chi connectivity index (χ0n) is 17.0. The van der Waals surface area contributed by atoms with Gasteiger partial charge in [0.15, 0.2) is 0 Å². The SMILES string of the molecule is Nc1ccc(C(=O)NC23CC4CC(C2)CC(NC(=O)c2ccc(N)cc2)(C4)C3)cc1. The standard InChI is InChI=1S/C24H28N4O2/c25-19-5-1-17(2-6-19)21(29)27-23-10-15-9-16(11-23)13-24(12-15,14-23)28-22(30)18-3-7-20(26)8-4-18/h1-8,15-16H,9-14,25-26H2,(H,27,29)(H,28,30). The van der Waals surface area contributed by atoms with E-state index in [1.807, 2.05) is 0 Å². The highest BCUT2D eigenvalue weighted by atomic mass is 16.2. The van der Waals surface area contributed by atoms with Crippen molar-refractivity contribution in [3.63, 3.8) is 0 Å². The van der Waals surface area contributed by atoms with E-state index in [9.17, 15) is 9.59 Å². The molecular weight excluding hydrogens is 376 g/mol. The summed E-state index contributed by atoms with van der Waals surface area (Å²) in [6.45, 7) is 0. The summed E-state index contributed by atoms with van der Waals surface area (Å²) in [6, 6.07) is 14.1. The van der Waals surface area contributed by atoms with Crippen molar-refractivity contribution in [2.24, 2.45) is 11.8 Å². The Balaban J connectivity index is 1.36. The molecule has 0 aliphatic heterocycles. The van der Waals surface area contributed by atoms with Crippen LogP contribution in [0.15, 0.2) is 48.5 Å². The van der Waals surface area contributed by atoms with Crippen LogP contribution in [0.5, 0.6) is 0 Å². The van der Waals surface area contributed by atoms with Crippen molar-refractivity contribution in [1.29, 1.82) is 0 Å². The number of nitrogen functional groups attached to an aromatic ring is 2. The van der Waals surface area contributed by atoms with Gasteiger partial charge < -0.3 is 22.1 Å².